The van der Waals surface area contributed by atoms with E-state index in [4.69, 9.17) is 11.5 Å². The SMILES string of the molecule is CC(C)n1nc(-c2ccc(I)c(N)n2)cc1C(N)=O. The van der Waals surface area contributed by atoms with Gasteiger partial charge in [-0.05, 0) is 54.6 Å². The normalized spacial score (nSPS) is 10.9. The van der Waals surface area contributed by atoms with Gasteiger partial charge in [0, 0.05) is 6.04 Å². The molecular formula is C12H14IN5O. The van der Waals surface area contributed by atoms with Gasteiger partial charge >= 0.3 is 0 Å². The van der Waals surface area contributed by atoms with E-state index >= 15 is 0 Å². The minimum absolute atomic E-state index is 0.0393. The molecule has 0 aromatic carbocycles. The second kappa shape index (κ2) is 5.16. The fourth-order valence-electron chi connectivity index (χ4n) is 1.70. The first-order valence-electron chi connectivity index (χ1n) is 5.72. The van der Waals surface area contributed by atoms with E-state index in [9.17, 15) is 4.79 Å². The Labute approximate surface area is 124 Å². The molecule has 0 aliphatic heterocycles. The van der Waals surface area contributed by atoms with Crippen molar-refractivity contribution in [2.75, 3.05) is 5.73 Å². The number of halogens is 1. The highest BCUT2D eigenvalue weighted by molar-refractivity contribution is 14.1. The predicted molar refractivity (Wildman–Crippen MR) is 81.5 cm³/mol. The minimum Gasteiger partial charge on any atom is -0.383 e. The Hall–Kier alpha value is -1.64. The highest BCUT2D eigenvalue weighted by Crippen LogP contribution is 2.22. The highest BCUT2D eigenvalue weighted by atomic mass is 127. The second-order valence-electron chi connectivity index (χ2n) is 4.38. The summed E-state index contributed by atoms with van der Waals surface area (Å²) in [6.45, 7) is 3.86. The molecule has 6 nitrogen and oxygen atoms in total. The molecule has 0 spiro atoms. The quantitative estimate of drug-likeness (QED) is 0.804. The van der Waals surface area contributed by atoms with Crippen molar-refractivity contribution in [3.8, 4) is 11.4 Å². The molecule has 0 bridgehead atoms. The number of hydrogen-bond acceptors (Lipinski definition) is 4. The van der Waals surface area contributed by atoms with Crippen molar-refractivity contribution < 1.29 is 4.79 Å². The lowest BCUT2D eigenvalue weighted by atomic mass is 10.2. The Morgan fingerprint density at radius 1 is 1.37 bits per heavy atom. The molecule has 0 atom stereocenters. The van der Waals surface area contributed by atoms with Gasteiger partial charge in [-0.2, -0.15) is 5.10 Å². The lowest BCUT2D eigenvalue weighted by Crippen LogP contribution is -2.18. The number of nitrogens with zero attached hydrogens (tertiary/aromatic N) is 3. The van der Waals surface area contributed by atoms with Crippen LogP contribution in [0.2, 0.25) is 0 Å². The van der Waals surface area contributed by atoms with Crippen molar-refractivity contribution in [1.82, 2.24) is 14.8 Å². The van der Waals surface area contributed by atoms with Crippen molar-refractivity contribution >= 4 is 34.3 Å². The molecule has 0 fully saturated rings. The largest absolute Gasteiger partial charge is 0.383 e. The van der Waals surface area contributed by atoms with Gasteiger partial charge in [-0.1, -0.05) is 0 Å². The lowest BCUT2D eigenvalue weighted by Gasteiger charge is -2.07. The molecule has 1 amide bonds. The van der Waals surface area contributed by atoms with Crippen LogP contribution in [0.15, 0.2) is 18.2 Å². The van der Waals surface area contributed by atoms with E-state index in [1.807, 2.05) is 26.0 Å². The molecule has 2 rings (SSSR count). The van der Waals surface area contributed by atoms with Crippen LogP contribution >= 0.6 is 22.6 Å². The van der Waals surface area contributed by atoms with Crippen molar-refractivity contribution in [1.29, 1.82) is 0 Å². The van der Waals surface area contributed by atoms with Crippen molar-refractivity contribution in [3.05, 3.63) is 27.5 Å². The molecule has 0 saturated carbocycles. The number of carbonyl (C=O) groups is 1. The van der Waals surface area contributed by atoms with Gasteiger partial charge < -0.3 is 11.5 Å². The predicted octanol–water partition coefficient (Wildman–Crippen LogP) is 1.81. The van der Waals surface area contributed by atoms with Crippen LogP contribution in [0.3, 0.4) is 0 Å². The van der Waals surface area contributed by atoms with Crippen LogP contribution in [-0.2, 0) is 0 Å². The summed E-state index contributed by atoms with van der Waals surface area (Å²) in [5.41, 5.74) is 12.7. The molecule has 0 aliphatic rings. The Balaban J connectivity index is 2.54. The molecule has 2 heterocycles. The number of carbonyl (C=O) groups excluding carboxylic acids is 1. The van der Waals surface area contributed by atoms with Crippen molar-refractivity contribution in [2.45, 2.75) is 19.9 Å². The highest BCUT2D eigenvalue weighted by Gasteiger charge is 2.16. The fourth-order valence-corrected chi connectivity index (χ4v) is 2.00. The van der Waals surface area contributed by atoms with Crippen LogP contribution in [0, 0.1) is 3.57 Å². The Morgan fingerprint density at radius 3 is 2.53 bits per heavy atom. The van der Waals surface area contributed by atoms with Gasteiger partial charge in [0.1, 0.15) is 17.2 Å². The van der Waals surface area contributed by atoms with Gasteiger partial charge in [-0.3, -0.25) is 9.48 Å². The molecule has 0 unspecified atom stereocenters. The minimum atomic E-state index is -0.508. The first kappa shape index (κ1) is 13.8. The van der Waals surface area contributed by atoms with E-state index in [0.717, 1.165) is 3.57 Å². The molecule has 100 valence electrons. The average Bonchev–Trinajstić information content (AvgIpc) is 2.78. The second-order valence-corrected chi connectivity index (χ2v) is 5.54. The van der Waals surface area contributed by atoms with Crippen LogP contribution in [0.1, 0.15) is 30.4 Å². The van der Waals surface area contributed by atoms with E-state index in [-0.39, 0.29) is 6.04 Å². The summed E-state index contributed by atoms with van der Waals surface area (Å²) >= 11 is 2.11. The number of primary amides is 1. The fraction of sp³-hybridized carbons (Fsp3) is 0.250. The summed E-state index contributed by atoms with van der Waals surface area (Å²) in [5.74, 6) is -0.0660. The molecular weight excluding hydrogens is 357 g/mol. The molecule has 2 aromatic rings. The Bertz CT molecular complexity index is 635. The zero-order valence-corrected chi connectivity index (χ0v) is 12.7. The monoisotopic (exact) mass is 371 g/mol. The van der Waals surface area contributed by atoms with Crippen LogP contribution in [0.5, 0.6) is 0 Å². The molecule has 7 heteroatoms. The third kappa shape index (κ3) is 2.70. The molecule has 0 radical (unpaired) electrons. The Morgan fingerprint density at radius 2 is 2.05 bits per heavy atom. The molecule has 2 aromatic heterocycles. The molecule has 0 saturated heterocycles. The summed E-state index contributed by atoms with van der Waals surface area (Å²) < 4.78 is 2.47. The van der Waals surface area contributed by atoms with Gasteiger partial charge in [0.15, 0.2) is 0 Å². The van der Waals surface area contributed by atoms with E-state index < -0.39 is 5.91 Å². The summed E-state index contributed by atoms with van der Waals surface area (Å²) in [7, 11) is 0. The van der Waals surface area contributed by atoms with Crippen LogP contribution < -0.4 is 11.5 Å². The van der Waals surface area contributed by atoms with Crippen LogP contribution in [0.4, 0.5) is 5.82 Å². The maximum atomic E-state index is 11.4. The summed E-state index contributed by atoms with van der Waals surface area (Å²) in [6.07, 6.45) is 0. The van der Waals surface area contributed by atoms with Crippen molar-refractivity contribution in [2.24, 2.45) is 5.73 Å². The van der Waals surface area contributed by atoms with Gasteiger partial charge in [-0.25, -0.2) is 4.98 Å². The summed E-state index contributed by atoms with van der Waals surface area (Å²) in [6, 6.07) is 5.35. The standard InChI is InChI=1S/C12H14IN5O/c1-6(2)18-10(12(15)19)5-9(17-18)8-4-3-7(13)11(14)16-8/h3-6H,1-2H3,(H2,14,16)(H2,15,19). The van der Waals surface area contributed by atoms with E-state index in [1.54, 1.807) is 10.7 Å². The van der Waals surface area contributed by atoms with Crippen molar-refractivity contribution in [3.63, 3.8) is 0 Å². The van der Waals surface area contributed by atoms with E-state index in [0.29, 0.717) is 22.9 Å². The number of hydrogen-bond donors (Lipinski definition) is 2. The number of anilines is 1. The zero-order chi connectivity index (χ0) is 14.2. The third-order valence-electron chi connectivity index (χ3n) is 2.61. The molecule has 19 heavy (non-hydrogen) atoms. The van der Waals surface area contributed by atoms with E-state index in [2.05, 4.69) is 32.7 Å². The van der Waals surface area contributed by atoms with Gasteiger partial charge in [0.25, 0.3) is 5.91 Å². The lowest BCUT2D eigenvalue weighted by molar-refractivity contribution is 0.0988. The first-order valence-corrected chi connectivity index (χ1v) is 6.79. The molecule has 4 N–H and O–H groups in total. The van der Waals surface area contributed by atoms with Gasteiger partial charge in [-0.15, -0.1) is 0 Å². The average molecular weight is 371 g/mol. The molecule has 0 aliphatic carbocycles. The Kier molecular flexibility index (Phi) is 3.74. The van der Waals surface area contributed by atoms with Crippen LogP contribution in [-0.4, -0.2) is 20.7 Å². The van der Waals surface area contributed by atoms with Gasteiger partial charge in [0.2, 0.25) is 0 Å². The topological polar surface area (TPSA) is 99.8 Å². The summed E-state index contributed by atoms with van der Waals surface area (Å²) in [5, 5.41) is 4.37. The zero-order valence-electron chi connectivity index (χ0n) is 10.6. The maximum absolute atomic E-state index is 11.4. The number of nitrogen functional groups attached to an aromatic ring is 1. The number of pyridine rings is 1. The number of amides is 1. The smallest absolute Gasteiger partial charge is 0.267 e. The van der Waals surface area contributed by atoms with E-state index in [1.165, 1.54) is 0 Å². The first-order chi connectivity index (χ1) is 8.90. The van der Waals surface area contributed by atoms with Gasteiger partial charge in [0.05, 0.1) is 9.26 Å². The third-order valence-corrected chi connectivity index (χ3v) is 3.53. The number of rotatable bonds is 3. The maximum Gasteiger partial charge on any atom is 0.267 e. The van der Waals surface area contributed by atoms with Crippen LogP contribution in [0.25, 0.3) is 11.4 Å². The number of aromatic nitrogens is 3. The number of nitrogens with two attached hydrogens (primary N) is 2. The summed E-state index contributed by atoms with van der Waals surface area (Å²) in [4.78, 5) is 15.7.